The van der Waals surface area contributed by atoms with E-state index in [-0.39, 0.29) is 29.1 Å². The van der Waals surface area contributed by atoms with Crippen molar-refractivity contribution < 1.29 is 19.2 Å². The number of fused-ring (bicyclic) bond motifs is 1. The number of hydrazine groups is 1. The van der Waals surface area contributed by atoms with Gasteiger partial charge in [-0.3, -0.25) is 35.5 Å². The molecule has 238 valence electrons. The molecule has 6 rings (SSSR count). The van der Waals surface area contributed by atoms with E-state index in [0.717, 1.165) is 48.0 Å². The lowest BCUT2D eigenvalue weighted by molar-refractivity contribution is -0.119. The van der Waals surface area contributed by atoms with Crippen molar-refractivity contribution in [2.75, 3.05) is 16.5 Å². The summed E-state index contributed by atoms with van der Waals surface area (Å²) in [5.74, 6) is -1.16. The van der Waals surface area contributed by atoms with Gasteiger partial charge in [-0.25, -0.2) is 4.68 Å². The number of carbonyl (C=O) groups excluding carboxylic acids is 4. The quantitative estimate of drug-likeness (QED) is 0.121. The van der Waals surface area contributed by atoms with E-state index in [9.17, 15) is 19.2 Å². The molecule has 0 unspecified atom stereocenters. The van der Waals surface area contributed by atoms with Gasteiger partial charge in [-0.15, -0.1) is 21.5 Å². The Morgan fingerprint density at radius 1 is 0.723 bits per heavy atom. The summed E-state index contributed by atoms with van der Waals surface area (Å²) in [7, 11) is 0. The first kappa shape index (κ1) is 31.7. The number of carbonyl (C=O) groups is 4. The highest BCUT2D eigenvalue weighted by atomic mass is 32.2. The van der Waals surface area contributed by atoms with E-state index in [1.165, 1.54) is 15.1 Å². The maximum Gasteiger partial charge on any atom is 0.270 e. The van der Waals surface area contributed by atoms with Crippen LogP contribution >= 0.6 is 23.1 Å². The van der Waals surface area contributed by atoms with E-state index in [4.69, 9.17) is 0 Å². The second kappa shape index (κ2) is 14.9. The largest absolute Gasteiger partial charge is 0.313 e. The molecule has 0 spiro atoms. The lowest BCUT2D eigenvalue weighted by atomic mass is 9.94. The third-order valence-corrected chi connectivity index (χ3v) is 9.69. The molecule has 0 radical (unpaired) electrons. The Bertz CT molecular complexity index is 1890. The standard InChI is InChI=1S/C34H31N7O4S2/c42-29(37-38-31(44)23-14-6-2-7-15-23)21-46-34-39-36-28(41(34)40-32(45)24-16-8-3-9-17-24)20-26-25-18-10-11-19-27(25)47-33(26)35-30(43)22-12-4-1-5-13-22/h1-9,12-17H,10-11,18-21H2,(H,35,43)(H,37,42)(H,38,44)(H,40,45). The number of rotatable bonds is 10. The number of nitrogens with zero attached hydrogens (tertiary/aromatic N) is 3. The van der Waals surface area contributed by atoms with Crippen molar-refractivity contribution in [2.24, 2.45) is 0 Å². The predicted octanol–water partition coefficient (Wildman–Crippen LogP) is 5.00. The van der Waals surface area contributed by atoms with Gasteiger partial charge in [0.15, 0.2) is 5.82 Å². The molecular weight excluding hydrogens is 635 g/mol. The Morgan fingerprint density at radius 3 is 1.98 bits per heavy atom. The highest BCUT2D eigenvalue weighted by Crippen LogP contribution is 2.39. The lowest BCUT2D eigenvalue weighted by Crippen LogP contribution is -2.42. The van der Waals surface area contributed by atoms with Crippen molar-refractivity contribution in [1.29, 1.82) is 0 Å². The van der Waals surface area contributed by atoms with Gasteiger partial charge in [-0.1, -0.05) is 66.4 Å². The zero-order valence-corrected chi connectivity index (χ0v) is 26.8. The Balaban J connectivity index is 1.24. The van der Waals surface area contributed by atoms with E-state index < -0.39 is 11.8 Å². The Kier molecular flexibility index (Phi) is 10.0. The normalized spacial score (nSPS) is 12.1. The molecule has 2 aromatic heterocycles. The molecule has 0 atom stereocenters. The number of benzene rings is 3. The van der Waals surface area contributed by atoms with Crippen molar-refractivity contribution in [3.63, 3.8) is 0 Å². The van der Waals surface area contributed by atoms with E-state index >= 15 is 0 Å². The first-order chi connectivity index (χ1) is 23.0. The van der Waals surface area contributed by atoms with Gasteiger partial charge in [-0.05, 0) is 73.2 Å². The first-order valence-corrected chi connectivity index (χ1v) is 16.8. The molecule has 2 heterocycles. The number of aromatic nitrogens is 3. The molecule has 0 fully saturated rings. The average Bonchev–Trinajstić information content (AvgIpc) is 3.66. The van der Waals surface area contributed by atoms with Crippen molar-refractivity contribution in [3.8, 4) is 0 Å². The predicted molar refractivity (Wildman–Crippen MR) is 181 cm³/mol. The van der Waals surface area contributed by atoms with Crippen LogP contribution in [0.25, 0.3) is 0 Å². The number of aryl methyl sites for hydroxylation is 1. The van der Waals surface area contributed by atoms with Gasteiger partial charge in [0, 0.05) is 28.0 Å². The third-order valence-electron chi connectivity index (χ3n) is 7.51. The molecule has 0 bridgehead atoms. The van der Waals surface area contributed by atoms with E-state index in [0.29, 0.717) is 22.5 Å². The van der Waals surface area contributed by atoms with Crippen LogP contribution in [-0.2, 0) is 24.1 Å². The zero-order valence-electron chi connectivity index (χ0n) is 25.2. The number of anilines is 1. The molecule has 3 aromatic carbocycles. The van der Waals surface area contributed by atoms with Crippen molar-refractivity contribution in [1.82, 2.24) is 25.7 Å². The SMILES string of the molecule is O=C(CSc1nnc(Cc2c(NC(=O)c3ccccc3)sc3c2CCCC3)n1NC(=O)c1ccccc1)NNC(=O)c1ccccc1. The Hall–Kier alpha value is -5.27. The Morgan fingerprint density at radius 2 is 1.32 bits per heavy atom. The van der Waals surface area contributed by atoms with Gasteiger partial charge in [0.05, 0.1) is 10.8 Å². The van der Waals surface area contributed by atoms with Crippen LogP contribution in [0.3, 0.4) is 0 Å². The minimum absolute atomic E-state index is 0.110. The molecule has 0 saturated heterocycles. The molecule has 47 heavy (non-hydrogen) atoms. The van der Waals surface area contributed by atoms with E-state index in [2.05, 4.69) is 31.8 Å². The highest BCUT2D eigenvalue weighted by molar-refractivity contribution is 7.99. The average molecular weight is 666 g/mol. The van der Waals surface area contributed by atoms with Gasteiger partial charge < -0.3 is 5.32 Å². The van der Waals surface area contributed by atoms with Crippen LogP contribution in [0.1, 0.15) is 65.7 Å². The van der Waals surface area contributed by atoms with Crippen LogP contribution in [0.4, 0.5) is 5.00 Å². The summed E-state index contributed by atoms with van der Waals surface area (Å²) in [6.45, 7) is 0. The number of amides is 4. The topological polar surface area (TPSA) is 147 Å². The van der Waals surface area contributed by atoms with Gasteiger partial charge in [0.2, 0.25) is 11.1 Å². The van der Waals surface area contributed by atoms with Gasteiger partial charge in [-0.2, -0.15) is 0 Å². The van der Waals surface area contributed by atoms with Gasteiger partial charge >= 0.3 is 0 Å². The fourth-order valence-electron chi connectivity index (χ4n) is 5.17. The molecular formula is C34H31N7O4S2. The van der Waals surface area contributed by atoms with Crippen LogP contribution in [-0.4, -0.2) is 44.3 Å². The number of hydrogen-bond donors (Lipinski definition) is 4. The van der Waals surface area contributed by atoms with Crippen molar-refractivity contribution >= 4 is 51.7 Å². The lowest BCUT2D eigenvalue weighted by Gasteiger charge is -2.15. The highest BCUT2D eigenvalue weighted by Gasteiger charge is 2.26. The minimum atomic E-state index is -0.470. The molecule has 13 heteroatoms. The van der Waals surface area contributed by atoms with Crippen LogP contribution < -0.4 is 21.6 Å². The first-order valence-electron chi connectivity index (χ1n) is 15.0. The molecule has 5 aromatic rings. The van der Waals surface area contributed by atoms with E-state index in [1.807, 2.05) is 24.3 Å². The molecule has 4 amide bonds. The summed E-state index contributed by atoms with van der Waals surface area (Å²) < 4.78 is 1.49. The maximum atomic E-state index is 13.3. The summed E-state index contributed by atoms with van der Waals surface area (Å²) in [5.41, 5.74) is 11.2. The Labute approximate surface area is 279 Å². The van der Waals surface area contributed by atoms with Crippen LogP contribution in [0.15, 0.2) is 96.2 Å². The van der Waals surface area contributed by atoms with Crippen LogP contribution in [0.5, 0.6) is 0 Å². The van der Waals surface area contributed by atoms with Gasteiger partial charge in [0.1, 0.15) is 0 Å². The second-order valence-corrected chi connectivity index (χ2v) is 12.8. The third kappa shape index (κ3) is 7.76. The monoisotopic (exact) mass is 665 g/mol. The maximum absolute atomic E-state index is 13.3. The number of thioether (sulfide) groups is 1. The van der Waals surface area contributed by atoms with Crippen LogP contribution in [0.2, 0.25) is 0 Å². The fourth-order valence-corrected chi connectivity index (χ4v) is 7.19. The van der Waals surface area contributed by atoms with Crippen LogP contribution in [0, 0.1) is 0 Å². The summed E-state index contributed by atoms with van der Waals surface area (Å²) in [5, 5.41) is 12.9. The minimum Gasteiger partial charge on any atom is -0.313 e. The zero-order chi connectivity index (χ0) is 32.6. The second-order valence-electron chi connectivity index (χ2n) is 10.7. The van der Waals surface area contributed by atoms with Crippen molar-refractivity contribution in [2.45, 2.75) is 37.3 Å². The van der Waals surface area contributed by atoms with E-state index in [1.54, 1.807) is 78.1 Å². The van der Waals surface area contributed by atoms with Gasteiger partial charge in [0.25, 0.3) is 17.7 Å². The molecule has 4 N–H and O–H groups in total. The number of nitrogens with one attached hydrogen (secondary N) is 4. The molecule has 0 aliphatic heterocycles. The molecule has 1 aliphatic carbocycles. The van der Waals surface area contributed by atoms with Crippen molar-refractivity contribution in [3.05, 3.63) is 130 Å². The summed E-state index contributed by atoms with van der Waals surface area (Å²) >= 11 is 2.64. The summed E-state index contributed by atoms with van der Waals surface area (Å²) in [6, 6.07) is 26.3. The molecule has 11 nitrogen and oxygen atoms in total. The number of thiophene rings is 1. The summed E-state index contributed by atoms with van der Waals surface area (Å²) in [4.78, 5) is 52.7. The smallest absolute Gasteiger partial charge is 0.270 e. The summed E-state index contributed by atoms with van der Waals surface area (Å²) in [6.07, 6.45) is 4.22. The fraction of sp³-hybridized carbons (Fsp3) is 0.176. The molecule has 0 saturated carbocycles. The number of hydrogen-bond acceptors (Lipinski definition) is 8. The molecule has 1 aliphatic rings.